The van der Waals surface area contributed by atoms with Crippen LogP contribution in [-0.4, -0.2) is 23.5 Å². The Labute approximate surface area is 111 Å². The molecule has 1 amide bonds. The monoisotopic (exact) mass is 256 g/mol. The van der Waals surface area contributed by atoms with Crippen LogP contribution in [0.1, 0.15) is 0 Å². The predicted octanol–water partition coefficient (Wildman–Crippen LogP) is 1.46. The predicted molar refractivity (Wildman–Crippen MR) is 75.8 cm³/mol. The minimum Gasteiger partial charge on any atom is -0.356 e. The molecular formula is C14H16N4O. The van der Waals surface area contributed by atoms with Crippen LogP contribution in [0.15, 0.2) is 54.7 Å². The molecule has 1 aromatic heterocycles. The highest BCUT2D eigenvalue weighted by atomic mass is 16.2. The molecule has 5 heteroatoms. The van der Waals surface area contributed by atoms with Crippen molar-refractivity contribution in [1.82, 2.24) is 4.98 Å². The van der Waals surface area contributed by atoms with Gasteiger partial charge in [-0.3, -0.25) is 4.79 Å². The molecule has 4 N–H and O–H groups in total. The number of hydrogen-bond donors (Lipinski definition) is 3. The van der Waals surface area contributed by atoms with Crippen LogP contribution in [0.5, 0.6) is 0 Å². The van der Waals surface area contributed by atoms with Crippen LogP contribution in [0.3, 0.4) is 0 Å². The first-order valence-electron chi connectivity index (χ1n) is 6.04. The molecule has 2 heterocycles. The van der Waals surface area contributed by atoms with E-state index in [9.17, 15) is 4.79 Å². The van der Waals surface area contributed by atoms with Gasteiger partial charge in [-0.1, -0.05) is 36.4 Å². The lowest BCUT2D eigenvalue weighted by molar-refractivity contribution is -0.116. The van der Waals surface area contributed by atoms with E-state index in [2.05, 4.69) is 15.6 Å². The summed E-state index contributed by atoms with van der Waals surface area (Å²) < 4.78 is 0. The lowest BCUT2D eigenvalue weighted by Gasteiger charge is -2.24. The fraction of sp³-hybridized carbons (Fsp3) is 0.143. The van der Waals surface area contributed by atoms with Crippen molar-refractivity contribution in [2.45, 2.75) is 6.04 Å². The fourth-order valence-corrected chi connectivity index (χ4v) is 1.62. The Bertz CT molecular complexity index is 503. The summed E-state index contributed by atoms with van der Waals surface area (Å²) in [4.78, 5) is 15.4. The third-order valence-electron chi connectivity index (χ3n) is 2.60. The first kappa shape index (κ1) is 13.0. The summed E-state index contributed by atoms with van der Waals surface area (Å²) in [5.41, 5.74) is 6.11. The summed E-state index contributed by atoms with van der Waals surface area (Å²) in [7, 11) is 0. The SMILES string of the molecule is NCC1Nc2ncccc2NC1=O.c1ccccc1. The van der Waals surface area contributed by atoms with Gasteiger partial charge in [0, 0.05) is 12.7 Å². The van der Waals surface area contributed by atoms with Crippen LogP contribution in [0.4, 0.5) is 11.5 Å². The molecule has 1 aliphatic rings. The molecule has 1 unspecified atom stereocenters. The second-order valence-electron chi connectivity index (χ2n) is 3.98. The smallest absolute Gasteiger partial charge is 0.248 e. The van der Waals surface area contributed by atoms with Crippen LogP contribution < -0.4 is 16.4 Å². The van der Waals surface area contributed by atoms with Gasteiger partial charge < -0.3 is 16.4 Å². The van der Waals surface area contributed by atoms with E-state index in [1.807, 2.05) is 36.4 Å². The summed E-state index contributed by atoms with van der Waals surface area (Å²) in [5.74, 6) is 0.570. The lowest BCUT2D eigenvalue weighted by Crippen LogP contribution is -2.44. The zero-order valence-corrected chi connectivity index (χ0v) is 10.4. The number of benzene rings is 1. The molecule has 98 valence electrons. The number of amides is 1. The first-order chi connectivity index (χ1) is 9.31. The molecule has 5 nitrogen and oxygen atoms in total. The van der Waals surface area contributed by atoms with E-state index in [4.69, 9.17) is 5.73 Å². The van der Waals surface area contributed by atoms with Crippen molar-refractivity contribution in [3.8, 4) is 0 Å². The Balaban J connectivity index is 0.000000186. The van der Waals surface area contributed by atoms with E-state index in [0.717, 1.165) is 0 Å². The number of pyridine rings is 1. The molecule has 0 radical (unpaired) electrons. The largest absolute Gasteiger partial charge is 0.356 e. The quantitative estimate of drug-likeness (QED) is 0.721. The average molecular weight is 256 g/mol. The second kappa shape index (κ2) is 6.51. The number of aromatic nitrogens is 1. The van der Waals surface area contributed by atoms with Crippen LogP contribution in [-0.2, 0) is 4.79 Å². The normalized spacial score (nSPS) is 16.3. The maximum atomic E-state index is 11.3. The van der Waals surface area contributed by atoms with Gasteiger partial charge in [-0.05, 0) is 12.1 Å². The van der Waals surface area contributed by atoms with Crippen molar-refractivity contribution in [1.29, 1.82) is 0 Å². The zero-order chi connectivity index (χ0) is 13.5. The molecule has 19 heavy (non-hydrogen) atoms. The van der Waals surface area contributed by atoms with Crippen molar-refractivity contribution < 1.29 is 4.79 Å². The lowest BCUT2D eigenvalue weighted by atomic mass is 10.2. The van der Waals surface area contributed by atoms with E-state index in [1.54, 1.807) is 18.3 Å². The molecule has 3 rings (SSSR count). The van der Waals surface area contributed by atoms with Crippen LogP contribution >= 0.6 is 0 Å². The Morgan fingerprint density at radius 3 is 2.32 bits per heavy atom. The summed E-state index contributed by atoms with van der Waals surface area (Å²) in [6, 6.07) is 15.2. The Morgan fingerprint density at radius 2 is 1.74 bits per heavy atom. The minimum absolute atomic E-state index is 0.108. The van der Waals surface area contributed by atoms with Crippen LogP contribution in [0, 0.1) is 0 Å². The van der Waals surface area contributed by atoms with Crippen molar-refractivity contribution >= 4 is 17.4 Å². The van der Waals surface area contributed by atoms with Crippen molar-refractivity contribution in [3.05, 3.63) is 54.7 Å². The van der Waals surface area contributed by atoms with Gasteiger partial charge in [0.05, 0.1) is 5.69 Å². The summed E-state index contributed by atoms with van der Waals surface area (Å²) >= 11 is 0. The fourth-order valence-electron chi connectivity index (χ4n) is 1.62. The molecule has 0 aliphatic carbocycles. The maximum absolute atomic E-state index is 11.3. The highest BCUT2D eigenvalue weighted by Crippen LogP contribution is 2.22. The molecule has 0 fully saturated rings. The Hall–Kier alpha value is -2.40. The van der Waals surface area contributed by atoms with Gasteiger partial charge >= 0.3 is 0 Å². The summed E-state index contributed by atoms with van der Waals surface area (Å²) in [6.45, 7) is 0.266. The van der Waals surface area contributed by atoms with E-state index in [-0.39, 0.29) is 18.5 Å². The Morgan fingerprint density at radius 1 is 1.11 bits per heavy atom. The highest BCUT2D eigenvalue weighted by molar-refractivity contribution is 6.02. The third-order valence-corrected chi connectivity index (χ3v) is 2.60. The van der Waals surface area contributed by atoms with Gasteiger partial charge in [-0.2, -0.15) is 0 Å². The highest BCUT2D eigenvalue weighted by Gasteiger charge is 2.24. The van der Waals surface area contributed by atoms with Crippen LogP contribution in [0.25, 0.3) is 0 Å². The van der Waals surface area contributed by atoms with Gasteiger partial charge in [0.2, 0.25) is 5.91 Å². The second-order valence-corrected chi connectivity index (χ2v) is 3.98. The molecule has 0 bridgehead atoms. The number of nitrogens with zero attached hydrogens (tertiary/aromatic N) is 1. The van der Waals surface area contributed by atoms with E-state index in [1.165, 1.54) is 0 Å². The van der Waals surface area contributed by atoms with Gasteiger partial charge in [0.1, 0.15) is 11.9 Å². The average Bonchev–Trinajstić information content (AvgIpc) is 2.49. The maximum Gasteiger partial charge on any atom is 0.248 e. The number of nitrogens with one attached hydrogen (secondary N) is 2. The van der Waals surface area contributed by atoms with Crippen LogP contribution in [0.2, 0.25) is 0 Å². The van der Waals surface area contributed by atoms with E-state index >= 15 is 0 Å². The molecule has 0 spiro atoms. The van der Waals surface area contributed by atoms with E-state index in [0.29, 0.717) is 11.5 Å². The number of nitrogens with two attached hydrogens (primary N) is 1. The van der Waals surface area contributed by atoms with Gasteiger partial charge in [0.25, 0.3) is 0 Å². The molecule has 0 saturated carbocycles. The van der Waals surface area contributed by atoms with Crippen molar-refractivity contribution in [2.24, 2.45) is 5.73 Å². The first-order valence-corrected chi connectivity index (χ1v) is 6.04. The molecule has 1 aromatic carbocycles. The standard InChI is InChI=1S/C8H10N4O.C6H6/c9-4-6-8(13)12-5-2-1-3-10-7(5)11-6;1-2-4-6-5-3-1/h1-3,6H,4,9H2,(H,10,11)(H,12,13);1-6H. The summed E-state index contributed by atoms with van der Waals surface area (Å²) in [6.07, 6.45) is 1.66. The number of fused-ring (bicyclic) bond motifs is 1. The topological polar surface area (TPSA) is 80.0 Å². The zero-order valence-electron chi connectivity index (χ0n) is 10.4. The number of anilines is 2. The molecule has 1 atom stereocenters. The molecular weight excluding hydrogens is 240 g/mol. The minimum atomic E-state index is -0.373. The Kier molecular flexibility index (Phi) is 4.47. The number of hydrogen-bond acceptors (Lipinski definition) is 4. The van der Waals surface area contributed by atoms with Crippen molar-refractivity contribution in [2.75, 3.05) is 17.2 Å². The molecule has 1 aliphatic heterocycles. The molecule has 2 aromatic rings. The number of carbonyl (C=O) groups excluding carboxylic acids is 1. The number of rotatable bonds is 1. The third kappa shape index (κ3) is 3.53. The van der Waals surface area contributed by atoms with Gasteiger partial charge in [-0.25, -0.2) is 4.98 Å². The molecule has 0 saturated heterocycles. The summed E-state index contributed by atoms with van der Waals surface area (Å²) in [5, 5.41) is 5.67. The van der Waals surface area contributed by atoms with Crippen molar-refractivity contribution in [3.63, 3.8) is 0 Å². The van der Waals surface area contributed by atoms with Gasteiger partial charge in [0.15, 0.2) is 0 Å². The van der Waals surface area contributed by atoms with E-state index < -0.39 is 0 Å². The number of carbonyl (C=O) groups is 1. The van der Waals surface area contributed by atoms with Gasteiger partial charge in [-0.15, -0.1) is 0 Å².